The molecule has 3 saturated heterocycles. The predicted molar refractivity (Wildman–Crippen MR) is 112 cm³/mol. The van der Waals surface area contributed by atoms with Crippen LogP contribution in [0.2, 0.25) is 0 Å². The van der Waals surface area contributed by atoms with E-state index >= 15 is 0 Å². The third-order valence-electron chi connectivity index (χ3n) is 7.26. The van der Waals surface area contributed by atoms with Crippen molar-refractivity contribution in [2.45, 2.75) is 70.9 Å². The van der Waals surface area contributed by atoms with Crippen molar-refractivity contribution in [3.05, 3.63) is 0 Å². The van der Waals surface area contributed by atoms with E-state index in [-0.39, 0.29) is 49.3 Å². The standard InChI is InChI=1S/C22H35N3O6/c1-6-22(2,3)20(28)17(26)11-24-14-8-7-9-15(24)21(29)25-12-18(27)23(10-16(14)25)13-19(30-4)31-5/h14-16,19H,6-13H2,1-5H3. The Labute approximate surface area is 184 Å². The molecule has 3 heterocycles. The Kier molecular flexibility index (Phi) is 7.18. The van der Waals surface area contributed by atoms with E-state index in [4.69, 9.17) is 9.47 Å². The van der Waals surface area contributed by atoms with Gasteiger partial charge >= 0.3 is 0 Å². The van der Waals surface area contributed by atoms with Gasteiger partial charge in [-0.05, 0) is 25.7 Å². The molecule has 2 bridgehead atoms. The highest BCUT2D eigenvalue weighted by Gasteiger charge is 2.52. The Hall–Kier alpha value is -1.84. The Balaban J connectivity index is 1.80. The molecule has 2 amide bonds. The molecular weight excluding hydrogens is 402 g/mol. The monoisotopic (exact) mass is 437 g/mol. The molecule has 3 aliphatic rings. The van der Waals surface area contributed by atoms with Crippen molar-refractivity contribution in [1.29, 1.82) is 0 Å². The number of methoxy groups -OCH3 is 2. The molecular formula is C22H35N3O6. The SMILES string of the molecule is CCC(C)(C)C(=O)C(=O)CN1C2CCCC1C1CN(CC(OC)OC)C(=O)CN1C2=O. The number of ether oxygens (including phenoxy) is 2. The highest BCUT2D eigenvalue weighted by atomic mass is 16.7. The molecule has 0 saturated carbocycles. The Morgan fingerprint density at radius 3 is 2.42 bits per heavy atom. The summed E-state index contributed by atoms with van der Waals surface area (Å²) >= 11 is 0. The number of ketones is 2. The molecule has 0 spiro atoms. The summed E-state index contributed by atoms with van der Waals surface area (Å²) in [5.41, 5.74) is -0.707. The molecule has 31 heavy (non-hydrogen) atoms. The summed E-state index contributed by atoms with van der Waals surface area (Å²) in [4.78, 5) is 56.7. The summed E-state index contributed by atoms with van der Waals surface area (Å²) in [6.07, 6.45) is 2.39. The van der Waals surface area contributed by atoms with E-state index in [1.54, 1.807) is 23.6 Å². The second-order valence-corrected chi connectivity index (χ2v) is 9.41. The van der Waals surface area contributed by atoms with Crippen molar-refractivity contribution < 1.29 is 28.7 Å². The first-order chi connectivity index (χ1) is 14.6. The fourth-order valence-corrected chi connectivity index (χ4v) is 4.92. The highest BCUT2D eigenvalue weighted by Crippen LogP contribution is 2.35. The van der Waals surface area contributed by atoms with Gasteiger partial charge in [0.2, 0.25) is 23.4 Å². The maximum absolute atomic E-state index is 13.2. The summed E-state index contributed by atoms with van der Waals surface area (Å²) in [6.45, 7) is 6.09. The zero-order chi connectivity index (χ0) is 22.9. The molecule has 0 aliphatic carbocycles. The van der Waals surface area contributed by atoms with Gasteiger partial charge in [0.05, 0.1) is 25.2 Å². The van der Waals surface area contributed by atoms with E-state index in [2.05, 4.69) is 0 Å². The first kappa shape index (κ1) is 23.8. The number of piperidine rings is 1. The lowest BCUT2D eigenvalue weighted by molar-refractivity contribution is -0.174. The van der Waals surface area contributed by atoms with Gasteiger partial charge in [-0.1, -0.05) is 20.8 Å². The minimum atomic E-state index is -0.707. The van der Waals surface area contributed by atoms with Crippen LogP contribution in [0.4, 0.5) is 0 Å². The van der Waals surface area contributed by atoms with Crippen LogP contribution in [-0.4, -0.2) is 103 Å². The predicted octanol–water partition coefficient (Wildman–Crippen LogP) is 0.456. The summed E-state index contributed by atoms with van der Waals surface area (Å²) < 4.78 is 10.5. The lowest BCUT2D eigenvalue weighted by Gasteiger charge is -2.56. The number of nitrogens with zero attached hydrogens (tertiary/aromatic N) is 3. The molecule has 3 unspecified atom stereocenters. The third kappa shape index (κ3) is 4.54. The average molecular weight is 438 g/mol. The van der Waals surface area contributed by atoms with Crippen LogP contribution in [0.25, 0.3) is 0 Å². The molecule has 0 aromatic rings. The smallest absolute Gasteiger partial charge is 0.242 e. The zero-order valence-electron chi connectivity index (χ0n) is 19.3. The van der Waals surface area contributed by atoms with E-state index in [0.29, 0.717) is 19.4 Å². The fourth-order valence-electron chi connectivity index (χ4n) is 4.92. The van der Waals surface area contributed by atoms with Gasteiger partial charge < -0.3 is 19.3 Å². The van der Waals surface area contributed by atoms with E-state index in [1.165, 1.54) is 14.2 Å². The number of hydrogen-bond donors (Lipinski definition) is 0. The van der Waals surface area contributed by atoms with Crippen molar-refractivity contribution in [2.24, 2.45) is 5.41 Å². The van der Waals surface area contributed by atoms with E-state index in [9.17, 15) is 19.2 Å². The van der Waals surface area contributed by atoms with Gasteiger partial charge in [0.1, 0.15) is 6.54 Å². The summed E-state index contributed by atoms with van der Waals surface area (Å²) in [6, 6.07) is -0.711. The molecule has 3 aliphatic heterocycles. The topological polar surface area (TPSA) is 96.5 Å². The largest absolute Gasteiger partial charge is 0.354 e. The Morgan fingerprint density at radius 1 is 1.13 bits per heavy atom. The number of carbonyl (C=O) groups excluding carboxylic acids is 4. The van der Waals surface area contributed by atoms with Crippen molar-refractivity contribution in [3.8, 4) is 0 Å². The quantitative estimate of drug-likeness (QED) is 0.382. The first-order valence-electron chi connectivity index (χ1n) is 11.1. The molecule has 3 atom stereocenters. The molecule has 0 N–H and O–H groups in total. The number of fused-ring (bicyclic) bond motifs is 4. The van der Waals surface area contributed by atoms with Gasteiger partial charge in [0, 0.05) is 32.2 Å². The Bertz CT molecular complexity index is 735. The number of amides is 2. The molecule has 9 heteroatoms. The third-order valence-corrected chi connectivity index (χ3v) is 7.26. The molecule has 3 fully saturated rings. The van der Waals surface area contributed by atoms with Gasteiger partial charge in [-0.3, -0.25) is 24.1 Å². The molecule has 0 aromatic heterocycles. The maximum Gasteiger partial charge on any atom is 0.242 e. The van der Waals surface area contributed by atoms with E-state index in [0.717, 1.165) is 12.8 Å². The maximum atomic E-state index is 13.2. The molecule has 3 rings (SSSR count). The second kappa shape index (κ2) is 9.34. The number of piperazine rings is 2. The minimum Gasteiger partial charge on any atom is -0.354 e. The molecule has 0 aromatic carbocycles. The number of rotatable bonds is 9. The summed E-state index contributed by atoms with van der Waals surface area (Å²) in [7, 11) is 3.04. The normalized spacial score (nSPS) is 27.0. The average Bonchev–Trinajstić information content (AvgIpc) is 2.76. The van der Waals surface area contributed by atoms with Crippen LogP contribution < -0.4 is 0 Å². The number of Topliss-reactive ketones (excluding diaryl/α,β-unsaturated/α-hetero) is 2. The second-order valence-electron chi connectivity index (χ2n) is 9.41. The van der Waals surface area contributed by atoms with Crippen LogP contribution in [0, 0.1) is 5.41 Å². The lowest BCUT2D eigenvalue weighted by atomic mass is 9.81. The van der Waals surface area contributed by atoms with Crippen LogP contribution in [-0.2, 0) is 28.7 Å². The van der Waals surface area contributed by atoms with Crippen LogP contribution in [0.1, 0.15) is 46.5 Å². The van der Waals surface area contributed by atoms with Gasteiger partial charge in [0.15, 0.2) is 6.29 Å². The van der Waals surface area contributed by atoms with Gasteiger partial charge in [0.25, 0.3) is 0 Å². The van der Waals surface area contributed by atoms with Gasteiger partial charge in [-0.25, -0.2) is 0 Å². The molecule has 0 radical (unpaired) electrons. The highest BCUT2D eigenvalue weighted by molar-refractivity contribution is 6.39. The van der Waals surface area contributed by atoms with Gasteiger partial charge in [-0.15, -0.1) is 0 Å². The molecule has 9 nitrogen and oxygen atoms in total. The number of hydrogen-bond acceptors (Lipinski definition) is 7. The van der Waals surface area contributed by atoms with Crippen LogP contribution in [0.5, 0.6) is 0 Å². The van der Waals surface area contributed by atoms with Crippen molar-refractivity contribution in [3.63, 3.8) is 0 Å². The number of carbonyl (C=O) groups is 4. The Morgan fingerprint density at radius 2 is 1.81 bits per heavy atom. The van der Waals surface area contributed by atoms with Crippen molar-refractivity contribution in [1.82, 2.24) is 14.7 Å². The van der Waals surface area contributed by atoms with Crippen LogP contribution in [0.3, 0.4) is 0 Å². The molecule has 174 valence electrons. The summed E-state index contributed by atoms with van der Waals surface area (Å²) in [5.74, 6) is -1.07. The zero-order valence-corrected chi connectivity index (χ0v) is 19.3. The summed E-state index contributed by atoms with van der Waals surface area (Å²) in [5, 5.41) is 0. The van der Waals surface area contributed by atoms with Crippen molar-refractivity contribution >= 4 is 23.4 Å². The van der Waals surface area contributed by atoms with Crippen molar-refractivity contribution in [2.75, 3.05) is 40.4 Å². The fraction of sp³-hybridized carbons (Fsp3) is 0.818. The minimum absolute atomic E-state index is 0.0280. The van der Waals surface area contributed by atoms with E-state index < -0.39 is 23.5 Å². The van der Waals surface area contributed by atoms with E-state index in [1.807, 2.05) is 11.8 Å². The lowest BCUT2D eigenvalue weighted by Crippen LogP contribution is -2.74. The van der Waals surface area contributed by atoms with Gasteiger partial charge in [-0.2, -0.15) is 0 Å². The first-order valence-corrected chi connectivity index (χ1v) is 11.1. The van der Waals surface area contributed by atoms with Crippen LogP contribution in [0.15, 0.2) is 0 Å². The van der Waals surface area contributed by atoms with Crippen LogP contribution >= 0.6 is 0 Å².